The molecule has 0 spiro atoms. The Bertz CT molecular complexity index is 575. The summed E-state index contributed by atoms with van der Waals surface area (Å²) < 4.78 is 0. The fraction of sp³-hybridized carbons (Fsp3) is 0.308. The first kappa shape index (κ1) is 15.6. The third kappa shape index (κ3) is 4.61. The lowest BCUT2D eigenvalue weighted by Crippen LogP contribution is -2.27. The largest absolute Gasteiger partial charge is 0.369 e. The van der Waals surface area contributed by atoms with Crippen molar-refractivity contribution in [1.29, 1.82) is 0 Å². The molecule has 2 rings (SSSR count). The number of alkyl halides is 2. The van der Waals surface area contributed by atoms with Crippen molar-refractivity contribution in [3.05, 3.63) is 29.8 Å². The molecule has 112 valence electrons. The molecule has 0 amide bonds. The molecular formula is C13H16Cl2N6. The fourth-order valence-electron chi connectivity index (χ4n) is 1.80. The topological polar surface area (TPSA) is 83.2 Å². The van der Waals surface area contributed by atoms with Gasteiger partial charge in [-0.15, -0.1) is 28.3 Å². The zero-order chi connectivity index (χ0) is 15.1. The number of nitrogens with one attached hydrogen (secondary N) is 1. The summed E-state index contributed by atoms with van der Waals surface area (Å²) in [5.41, 5.74) is 7.45. The molecule has 2 aromatic rings. The van der Waals surface area contributed by atoms with Gasteiger partial charge in [0, 0.05) is 36.8 Å². The van der Waals surface area contributed by atoms with Gasteiger partial charge in [-0.2, -0.15) is 4.98 Å². The Morgan fingerprint density at radius 3 is 2.38 bits per heavy atom. The summed E-state index contributed by atoms with van der Waals surface area (Å²) >= 11 is 11.6. The molecule has 0 atom stereocenters. The second kappa shape index (κ2) is 7.85. The number of rotatable bonds is 7. The molecule has 0 saturated heterocycles. The van der Waals surface area contributed by atoms with Crippen LogP contribution in [0.3, 0.4) is 0 Å². The standard InChI is InChI=1S/C13H16Cl2N6/c14-5-7-21(8-6-15)11-3-1-10(2-4-11)9-17-13-18-12(16)19-20-13/h1-4,9H,5-8H2,(H3,16,18,19,20)/b17-9+. The second-order valence-electron chi connectivity index (χ2n) is 4.24. The van der Waals surface area contributed by atoms with Crippen molar-refractivity contribution in [3.8, 4) is 0 Å². The number of aliphatic imine (C=N–C) groups is 1. The van der Waals surface area contributed by atoms with E-state index in [1.165, 1.54) is 0 Å². The van der Waals surface area contributed by atoms with Crippen LogP contribution in [0.2, 0.25) is 0 Å². The van der Waals surface area contributed by atoms with Gasteiger partial charge in [0.15, 0.2) is 0 Å². The molecule has 21 heavy (non-hydrogen) atoms. The summed E-state index contributed by atoms with van der Waals surface area (Å²) in [5, 5.41) is 6.36. The highest BCUT2D eigenvalue weighted by atomic mass is 35.5. The number of aromatic nitrogens is 3. The van der Waals surface area contributed by atoms with Crippen molar-refractivity contribution >= 4 is 47.0 Å². The lowest BCUT2D eigenvalue weighted by Gasteiger charge is -2.22. The van der Waals surface area contributed by atoms with E-state index in [2.05, 4.69) is 25.1 Å². The molecule has 1 aromatic heterocycles. The molecular weight excluding hydrogens is 311 g/mol. The highest BCUT2D eigenvalue weighted by Crippen LogP contribution is 2.15. The molecule has 0 radical (unpaired) electrons. The van der Waals surface area contributed by atoms with Gasteiger partial charge < -0.3 is 10.6 Å². The summed E-state index contributed by atoms with van der Waals surface area (Å²) in [6, 6.07) is 7.94. The lowest BCUT2D eigenvalue weighted by atomic mass is 10.2. The molecule has 0 aliphatic heterocycles. The van der Waals surface area contributed by atoms with Crippen LogP contribution in [0.5, 0.6) is 0 Å². The van der Waals surface area contributed by atoms with Crippen LogP contribution in [0.25, 0.3) is 0 Å². The Labute approximate surface area is 133 Å². The van der Waals surface area contributed by atoms with Gasteiger partial charge in [0.25, 0.3) is 5.95 Å². The summed E-state index contributed by atoms with van der Waals surface area (Å²) in [7, 11) is 0. The van der Waals surface area contributed by atoms with Crippen molar-refractivity contribution < 1.29 is 0 Å². The van der Waals surface area contributed by atoms with Crippen LogP contribution in [0.4, 0.5) is 17.6 Å². The first-order valence-electron chi connectivity index (χ1n) is 6.42. The van der Waals surface area contributed by atoms with Crippen LogP contribution in [0.15, 0.2) is 29.3 Å². The summed E-state index contributed by atoms with van der Waals surface area (Å²) in [5.74, 6) is 1.68. The molecule has 6 nitrogen and oxygen atoms in total. The number of nitrogens with zero attached hydrogens (tertiary/aromatic N) is 4. The maximum atomic E-state index is 5.80. The number of anilines is 2. The number of hydrogen-bond donors (Lipinski definition) is 2. The van der Waals surface area contributed by atoms with Gasteiger partial charge >= 0.3 is 0 Å². The zero-order valence-corrected chi connectivity index (χ0v) is 12.8. The number of benzene rings is 1. The van der Waals surface area contributed by atoms with Crippen molar-refractivity contribution in [2.75, 3.05) is 35.5 Å². The number of halogens is 2. The van der Waals surface area contributed by atoms with Gasteiger partial charge in [0.2, 0.25) is 5.95 Å². The minimum Gasteiger partial charge on any atom is -0.369 e. The number of nitrogens with two attached hydrogens (primary N) is 1. The molecule has 8 heteroatoms. The van der Waals surface area contributed by atoms with E-state index in [4.69, 9.17) is 28.9 Å². The Kier molecular flexibility index (Phi) is 5.83. The quantitative estimate of drug-likeness (QED) is 0.604. The Balaban J connectivity index is 2.05. The van der Waals surface area contributed by atoms with Crippen molar-refractivity contribution in [2.24, 2.45) is 4.99 Å². The fourth-order valence-corrected chi connectivity index (χ4v) is 2.21. The molecule has 0 fully saturated rings. The van der Waals surface area contributed by atoms with E-state index in [0.717, 1.165) is 24.3 Å². The first-order valence-corrected chi connectivity index (χ1v) is 7.48. The van der Waals surface area contributed by atoms with Crippen LogP contribution in [-0.2, 0) is 0 Å². The van der Waals surface area contributed by atoms with Crippen molar-refractivity contribution in [3.63, 3.8) is 0 Å². The van der Waals surface area contributed by atoms with Crippen LogP contribution in [0.1, 0.15) is 5.56 Å². The highest BCUT2D eigenvalue weighted by molar-refractivity contribution is 6.18. The summed E-state index contributed by atoms with van der Waals surface area (Å²) in [6.45, 7) is 1.52. The Hall–Kier alpha value is -1.79. The molecule has 0 unspecified atom stereocenters. The van der Waals surface area contributed by atoms with Gasteiger partial charge in [0.1, 0.15) is 0 Å². The maximum absolute atomic E-state index is 5.80. The molecule has 0 bridgehead atoms. The second-order valence-corrected chi connectivity index (χ2v) is 4.99. The smallest absolute Gasteiger partial charge is 0.269 e. The van der Waals surface area contributed by atoms with Crippen LogP contribution < -0.4 is 10.6 Å². The minimum atomic E-state index is 0.246. The van der Waals surface area contributed by atoms with E-state index >= 15 is 0 Å². The molecule has 0 aliphatic carbocycles. The summed E-state index contributed by atoms with van der Waals surface area (Å²) in [4.78, 5) is 10.2. The van der Waals surface area contributed by atoms with Crippen molar-refractivity contribution in [1.82, 2.24) is 15.2 Å². The molecule has 0 aliphatic rings. The monoisotopic (exact) mass is 326 g/mol. The number of aromatic amines is 1. The van der Waals surface area contributed by atoms with E-state index in [-0.39, 0.29) is 5.95 Å². The van der Waals surface area contributed by atoms with Crippen LogP contribution >= 0.6 is 23.2 Å². The Morgan fingerprint density at radius 1 is 1.19 bits per heavy atom. The van der Waals surface area contributed by atoms with Gasteiger partial charge in [-0.25, -0.2) is 10.1 Å². The Morgan fingerprint density at radius 2 is 1.86 bits per heavy atom. The van der Waals surface area contributed by atoms with Gasteiger partial charge in [-0.3, -0.25) is 0 Å². The first-order chi connectivity index (χ1) is 10.2. The number of nitrogen functional groups attached to an aromatic ring is 1. The van der Waals surface area contributed by atoms with E-state index in [0.29, 0.717) is 17.7 Å². The van der Waals surface area contributed by atoms with Gasteiger partial charge in [0.05, 0.1) is 0 Å². The maximum Gasteiger partial charge on any atom is 0.269 e. The van der Waals surface area contributed by atoms with Gasteiger partial charge in [-0.05, 0) is 17.7 Å². The third-order valence-corrected chi connectivity index (χ3v) is 3.13. The summed E-state index contributed by atoms with van der Waals surface area (Å²) in [6.07, 6.45) is 1.68. The van der Waals surface area contributed by atoms with E-state index < -0.39 is 0 Å². The van der Waals surface area contributed by atoms with E-state index in [1.807, 2.05) is 24.3 Å². The van der Waals surface area contributed by atoms with Crippen LogP contribution in [0, 0.1) is 0 Å². The zero-order valence-electron chi connectivity index (χ0n) is 11.3. The van der Waals surface area contributed by atoms with E-state index in [1.54, 1.807) is 6.21 Å². The SMILES string of the molecule is Nc1nc(/N=C/c2ccc(N(CCCl)CCCl)cc2)n[nH]1. The average molecular weight is 327 g/mol. The van der Waals surface area contributed by atoms with Crippen LogP contribution in [-0.4, -0.2) is 46.2 Å². The molecule has 1 aromatic carbocycles. The predicted molar refractivity (Wildman–Crippen MR) is 88.1 cm³/mol. The average Bonchev–Trinajstić information content (AvgIpc) is 2.91. The molecule has 1 heterocycles. The normalized spacial score (nSPS) is 11.1. The van der Waals surface area contributed by atoms with Gasteiger partial charge in [-0.1, -0.05) is 12.1 Å². The highest BCUT2D eigenvalue weighted by Gasteiger charge is 2.04. The predicted octanol–water partition coefficient (Wildman–Crippen LogP) is 2.42. The van der Waals surface area contributed by atoms with Crippen molar-refractivity contribution in [2.45, 2.75) is 0 Å². The third-order valence-electron chi connectivity index (χ3n) is 2.79. The minimum absolute atomic E-state index is 0.246. The van der Waals surface area contributed by atoms with E-state index in [9.17, 15) is 0 Å². The number of H-pyrrole nitrogens is 1. The molecule has 0 saturated carbocycles. The lowest BCUT2D eigenvalue weighted by molar-refractivity contribution is 0.874. The number of hydrogen-bond acceptors (Lipinski definition) is 5. The molecule has 3 N–H and O–H groups in total.